The number of rotatable bonds is 1. The van der Waals surface area contributed by atoms with Crippen molar-refractivity contribution in [2.24, 2.45) is 0 Å². The molecule has 0 aliphatic heterocycles. The first kappa shape index (κ1) is 18.5. The van der Waals surface area contributed by atoms with Gasteiger partial charge in [0.25, 0.3) is 0 Å². The Morgan fingerprint density at radius 2 is 1.42 bits per heavy atom. The van der Waals surface area contributed by atoms with Gasteiger partial charge < -0.3 is 0 Å². The Hall–Kier alpha value is -0.496. The van der Waals surface area contributed by atoms with Crippen LogP contribution in [-0.4, -0.2) is 30.3 Å². The first-order chi connectivity index (χ1) is 8.16. The third-order valence-corrected chi connectivity index (χ3v) is 9.67. The molecule has 0 saturated heterocycles. The van der Waals surface area contributed by atoms with Crippen LogP contribution in [0.2, 0.25) is 37.8 Å². The van der Waals surface area contributed by atoms with E-state index in [1.807, 2.05) is 0 Å². The fraction of sp³-hybridized carbons (Fsp3) is 0.714. The number of hydrogen-bond acceptors (Lipinski definition) is 2. The zero-order valence-electron chi connectivity index (χ0n) is 13.4. The summed E-state index contributed by atoms with van der Waals surface area (Å²) in [4.78, 5) is 0. The van der Waals surface area contributed by atoms with Crippen molar-refractivity contribution in [2.75, 3.05) is 5.75 Å². The van der Waals surface area contributed by atoms with Crippen LogP contribution in [-0.2, 0) is 9.84 Å². The third kappa shape index (κ3) is 7.62. The van der Waals surface area contributed by atoms with E-state index < -0.39 is 26.0 Å². The van der Waals surface area contributed by atoms with E-state index in [-0.39, 0.29) is 10.8 Å². The van der Waals surface area contributed by atoms with Gasteiger partial charge in [0.2, 0.25) is 9.84 Å². The molecule has 0 aliphatic carbocycles. The standard InChI is InChI=1S/C14H26O2SSi2/c1-14(2,3)19(7,8)13-11-17(15,16)10-9-12-18(4,5)6/h10H2,1-8H3. The van der Waals surface area contributed by atoms with Crippen LogP contribution in [0, 0.1) is 22.3 Å². The highest BCUT2D eigenvalue weighted by Gasteiger charge is 2.34. The highest BCUT2D eigenvalue weighted by atomic mass is 32.2. The van der Waals surface area contributed by atoms with E-state index in [1.165, 1.54) is 0 Å². The van der Waals surface area contributed by atoms with E-state index in [1.54, 1.807) is 0 Å². The Balaban J connectivity index is 5.06. The minimum absolute atomic E-state index is 0.0690. The summed E-state index contributed by atoms with van der Waals surface area (Å²) in [7, 11) is -6.76. The first-order valence-corrected chi connectivity index (χ1v) is 14.6. The van der Waals surface area contributed by atoms with Crippen LogP contribution in [0.25, 0.3) is 0 Å². The van der Waals surface area contributed by atoms with Crippen molar-refractivity contribution >= 4 is 26.0 Å². The van der Waals surface area contributed by atoms with E-state index in [2.05, 4.69) is 75.8 Å². The first-order valence-electron chi connectivity index (χ1n) is 6.43. The molecule has 0 unspecified atom stereocenters. The van der Waals surface area contributed by atoms with Gasteiger partial charge in [-0.1, -0.05) is 59.4 Å². The van der Waals surface area contributed by atoms with Crippen LogP contribution in [0.4, 0.5) is 0 Å². The Morgan fingerprint density at radius 1 is 0.947 bits per heavy atom. The van der Waals surface area contributed by atoms with Gasteiger partial charge in [-0.05, 0) is 5.04 Å². The summed E-state index contributed by atoms with van der Waals surface area (Å²) in [6.07, 6.45) is 0. The molecule has 2 nitrogen and oxygen atoms in total. The van der Waals surface area contributed by atoms with Crippen LogP contribution in [0.3, 0.4) is 0 Å². The molecule has 0 heterocycles. The van der Waals surface area contributed by atoms with Gasteiger partial charge in [-0.3, -0.25) is 0 Å². The van der Waals surface area contributed by atoms with Crippen molar-refractivity contribution in [3.63, 3.8) is 0 Å². The van der Waals surface area contributed by atoms with Crippen LogP contribution >= 0.6 is 0 Å². The lowest BCUT2D eigenvalue weighted by Crippen LogP contribution is -2.35. The fourth-order valence-corrected chi connectivity index (χ4v) is 3.92. The van der Waals surface area contributed by atoms with Crippen LogP contribution in [0.15, 0.2) is 0 Å². The molecule has 0 rings (SSSR count). The van der Waals surface area contributed by atoms with Crippen molar-refractivity contribution < 1.29 is 8.42 Å². The monoisotopic (exact) mass is 314 g/mol. The molecule has 0 atom stereocenters. The number of sulfone groups is 1. The minimum atomic E-state index is -3.38. The summed E-state index contributed by atoms with van der Waals surface area (Å²) in [5.74, 6) is 2.64. The molecular formula is C14H26O2SSi2. The number of hydrogen-bond donors (Lipinski definition) is 0. The molecule has 0 aromatic carbocycles. The molecule has 0 amide bonds. The maximum absolute atomic E-state index is 11.9. The highest BCUT2D eigenvalue weighted by Crippen LogP contribution is 2.35. The summed E-state index contributed by atoms with van der Waals surface area (Å²) >= 11 is 0. The summed E-state index contributed by atoms with van der Waals surface area (Å²) < 4.78 is 23.7. The quantitative estimate of drug-likeness (QED) is 0.550. The van der Waals surface area contributed by atoms with Crippen molar-refractivity contribution in [1.29, 1.82) is 0 Å². The van der Waals surface area contributed by atoms with Gasteiger partial charge in [0.1, 0.15) is 21.9 Å². The van der Waals surface area contributed by atoms with Crippen LogP contribution < -0.4 is 0 Å². The Morgan fingerprint density at radius 3 is 1.79 bits per heavy atom. The molecule has 0 radical (unpaired) electrons. The zero-order valence-corrected chi connectivity index (χ0v) is 16.2. The third-order valence-electron chi connectivity index (χ3n) is 3.12. The lowest BCUT2D eigenvalue weighted by atomic mass is 10.2. The van der Waals surface area contributed by atoms with E-state index in [4.69, 9.17) is 0 Å². The van der Waals surface area contributed by atoms with E-state index in [0.29, 0.717) is 0 Å². The van der Waals surface area contributed by atoms with Crippen LogP contribution in [0.1, 0.15) is 20.8 Å². The van der Waals surface area contributed by atoms with Gasteiger partial charge in [0.05, 0.1) is 0 Å². The summed E-state index contributed by atoms with van der Waals surface area (Å²) in [6, 6.07) is 0. The van der Waals surface area contributed by atoms with Gasteiger partial charge in [-0.2, -0.15) is 0 Å². The predicted octanol–water partition coefficient (Wildman–Crippen LogP) is 3.29. The minimum Gasteiger partial charge on any atom is -0.214 e. The summed E-state index contributed by atoms with van der Waals surface area (Å²) in [5.41, 5.74) is 6.09. The topological polar surface area (TPSA) is 34.1 Å². The molecule has 5 heteroatoms. The molecule has 0 spiro atoms. The second-order valence-corrected chi connectivity index (χ2v) is 18.9. The second kappa shape index (κ2) is 5.87. The molecule has 0 saturated carbocycles. The summed E-state index contributed by atoms with van der Waals surface area (Å²) in [5, 5.41) is 2.56. The lowest BCUT2D eigenvalue weighted by Gasteiger charge is -2.31. The Labute approximate surface area is 121 Å². The maximum atomic E-state index is 11.9. The molecule has 0 N–H and O–H groups in total. The lowest BCUT2D eigenvalue weighted by molar-refractivity contribution is 0.609. The van der Waals surface area contributed by atoms with Gasteiger partial charge >= 0.3 is 0 Å². The smallest absolute Gasteiger partial charge is 0.214 e. The van der Waals surface area contributed by atoms with Gasteiger partial charge in [-0.25, -0.2) is 8.42 Å². The van der Waals surface area contributed by atoms with Crippen molar-refractivity contribution in [3.8, 4) is 22.3 Å². The SMILES string of the molecule is CC(C)(C)[Si](C)(C)C#CS(=O)(=O)CC#C[Si](C)(C)C. The molecule has 0 fully saturated rings. The fourth-order valence-electron chi connectivity index (χ4n) is 0.825. The van der Waals surface area contributed by atoms with Crippen LogP contribution in [0.5, 0.6) is 0 Å². The molecular weight excluding hydrogens is 288 g/mol. The van der Waals surface area contributed by atoms with E-state index in [9.17, 15) is 8.42 Å². The van der Waals surface area contributed by atoms with Crippen molar-refractivity contribution in [2.45, 2.75) is 58.5 Å². The normalized spacial score (nSPS) is 13.1. The molecule has 19 heavy (non-hydrogen) atoms. The zero-order chi connectivity index (χ0) is 15.5. The Kier molecular flexibility index (Phi) is 5.71. The summed E-state index contributed by atoms with van der Waals surface area (Å²) in [6.45, 7) is 16.8. The predicted molar refractivity (Wildman–Crippen MR) is 89.9 cm³/mol. The Bertz CT molecular complexity index is 539. The van der Waals surface area contributed by atoms with Gasteiger partial charge in [-0.15, -0.1) is 11.1 Å². The second-order valence-electron chi connectivity index (χ2n) is 7.41. The molecule has 0 aromatic heterocycles. The molecule has 0 aliphatic rings. The maximum Gasteiger partial charge on any atom is 0.227 e. The molecule has 0 aromatic rings. The van der Waals surface area contributed by atoms with E-state index in [0.717, 1.165) is 0 Å². The van der Waals surface area contributed by atoms with Gasteiger partial charge in [0, 0.05) is 5.25 Å². The van der Waals surface area contributed by atoms with E-state index >= 15 is 0 Å². The largest absolute Gasteiger partial charge is 0.227 e. The van der Waals surface area contributed by atoms with Crippen molar-refractivity contribution in [1.82, 2.24) is 0 Å². The molecule has 0 bridgehead atoms. The average Bonchev–Trinajstić information content (AvgIpc) is 2.10. The highest BCUT2D eigenvalue weighted by molar-refractivity contribution is 7.96. The molecule has 108 valence electrons. The van der Waals surface area contributed by atoms with Gasteiger partial charge in [0.15, 0.2) is 0 Å². The average molecular weight is 315 g/mol. The van der Waals surface area contributed by atoms with Crippen molar-refractivity contribution in [3.05, 3.63) is 0 Å².